The molecule has 0 bridgehead atoms. The highest BCUT2D eigenvalue weighted by molar-refractivity contribution is 7.90. The number of H-pyrrole nitrogens is 1. The lowest BCUT2D eigenvalue weighted by atomic mass is 10.0. The van der Waals surface area contributed by atoms with E-state index < -0.39 is 33.6 Å². The van der Waals surface area contributed by atoms with Crippen molar-refractivity contribution in [3.8, 4) is 5.75 Å². The molecule has 3 aromatic rings. The maximum absolute atomic E-state index is 13.3. The fourth-order valence-corrected chi connectivity index (χ4v) is 6.19. The number of nitrogens with one attached hydrogen (secondary N) is 3. The minimum Gasteiger partial charge on any atom is -0.406 e. The molecule has 0 radical (unpaired) electrons. The SMILES string of the molecule is CCN(CCNC)C(=O)c1c(C)[nH]c(/C=C2\C(=O)Nc3ccc(S(=O)(=O)Cc4cccc(OC(F)(F)F)c4)cc32)c1C. The maximum Gasteiger partial charge on any atom is 0.573 e. The van der Waals surface area contributed by atoms with Gasteiger partial charge in [-0.05, 0) is 75.4 Å². The molecule has 1 aromatic heterocycles. The van der Waals surface area contributed by atoms with Crippen molar-refractivity contribution in [2.24, 2.45) is 0 Å². The number of halogens is 3. The summed E-state index contributed by atoms with van der Waals surface area (Å²) in [5, 5.41) is 5.75. The highest BCUT2D eigenvalue weighted by Crippen LogP contribution is 2.36. The van der Waals surface area contributed by atoms with Crippen LogP contribution >= 0.6 is 0 Å². The second-order valence-electron chi connectivity index (χ2n) is 9.83. The van der Waals surface area contributed by atoms with Crippen molar-refractivity contribution in [3.63, 3.8) is 0 Å². The first-order chi connectivity index (χ1) is 19.7. The highest BCUT2D eigenvalue weighted by Gasteiger charge is 2.32. The number of nitrogens with zero attached hydrogens (tertiary/aromatic N) is 1. The number of alkyl halides is 3. The van der Waals surface area contributed by atoms with E-state index in [9.17, 15) is 31.2 Å². The van der Waals surface area contributed by atoms with Crippen LogP contribution < -0.4 is 15.4 Å². The summed E-state index contributed by atoms with van der Waals surface area (Å²) in [6.07, 6.45) is -3.33. The third kappa shape index (κ3) is 6.68. The number of anilines is 1. The van der Waals surface area contributed by atoms with E-state index in [-0.39, 0.29) is 21.9 Å². The lowest BCUT2D eigenvalue weighted by Crippen LogP contribution is -2.36. The Kier molecular flexibility index (Phi) is 8.83. The van der Waals surface area contributed by atoms with E-state index in [1.807, 2.05) is 14.0 Å². The Morgan fingerprint density at radius 1 is 1.14 bits per heavy atom. The normalized spacial score (nSPS) is 14.2. The van der Waals surface area contributed by atoms with Gasteiger partial charge in [0, 0.05) is 42.3 Å². The number of rotatable bonds is 10. The van der Waals surface area contributed by atoms with Crippen molar-refractivity contribution in [3.05, 3.63) is 76.1 Å². The molecular weight excluding hydrogens is 573 g/mol. The average Bonchev–Trinajstić information content (AvgIpc) is 3.36. The van der Waals surface area contributed by atoms with Gasteiger partial charge in [-0.3, -0.25) is 9.59 Å². The van der Waals surface area contributed by atoms with Gasteiger partial charge in [-0.25, -0.2) is 8.42 Å². The molecule has 1 aliphatic rings. The molecule has 224 valence electrons. The van der Waals surface area contributed by atoms with E-state index in [1.165, 1.54) is 30.3 Å². The summed E-state index contributed by atoms with van der Waals surface area (Å²) >= 11 is 0. The molecule has 0 saturated carbocycles. The fourth-order valence-electron chi connectivity index (χ4n) is 4.83. The molecule has 13 heteroatoms. The first-order valence-corrected chi connectivity index (χ1v) is 14.8. The van der Waals surface area contributed by atoms with Gasteiger partial charge in [-0.15, -0.1) is 13.2 Å². The third-order valence-electron chi connectivity index (χ3n) is 6.90. The molecule has 1 aliphatic heterocycles. The molecule has 3 N–H and O–H groups in total. The topological polar surface area (TPSA) is 121 Å². The van der Waals surface area contributed by atoms with Crippen LogP contribution in [-0.4, -0.2) is 63.2 Å². The zero-order valence-corrected chi connectivity index (χ0v) is 24.3. The summed E-state index contributed by atoms with van der Waals surface area (Å²) in [5.41, 5.74) is 3.39. The summed E-state index contributed by atoms with van der Waals surface area (Å²) in [4.78, 5) is 31.0. The maximum atomic E-state index is 13.3. The molecule has 0 atom stereocenters. The number of likely N-dealkylation sites (N-methyl/N-ethyl adjacent to an activating group) is 2. The van der Waals surface area contributed by atoms with Crippen LogP contribution in [0.15, 0.2) is 47.4 Å². The summed E-state index contributed by atoms with van der Waals surface area (Å²) in [7, 11) is -2.21. The van der Waals surface area contributed by atoms with Gasteiger partial charge in [0.05, 0.1) is 21.8 Å². The van der Waals surface area contributed by atoms with Gasteiger partial charge in [-0.1, -0.05) is 12.1 Å². The minimum atomic E-state index is -4.91. The number of ether oxygens (including phenoxy) is 1. The number of benzene rings is 2. The van der Waals surface area contributed by atoms with Crippen LogP contribution in [0.2, 0.25) is 0 Å². The number of carbonyl (C=O) groups is 2. The molecule has 0 fully saturated rings. The van der Waals surface area contributed by atoms with Gasteiger partial charge in [0.25, 0.3) is 11.8 Å². The Morgan fingerprint density at radius 2 is 1.88 bits per heavy atom. The first-order valence-electron chi connectivity index (χ1n) is 13.1. The Morgan fingerprint density at radius 3 is 2.55 bits per heavy atom. The average molecular weight is 605 g/mol. The first kappa shape index (κ1) is 30.8. The largest absolute Gasteiger partial charge is 0.573 e. The molecule has 0 aliphatic carbocycles. The smallest absolute Gasteiger partial charge is 0.406 e. The lowest BCUT2D eigenvalue weighted by Gasteiger charge is -2.21. The van der Waals surface area contributed by atoms with Crippen LogP contribution in [0.25, 0.3) is 11.6 Å². The van der Waals surface area contributed by atoms with Crippen LogP contribution in [0.3, 0.4) is 0 Å². The molecular formula is C29H31F3N4O5S. The molecule has 42 heavy (non-hydrogen) atoms. The minimum absolute atomic E-state index is 0.104. The fraction of sp³-hybridized carbons (Fsp3) is 0.310. The molecule has 0 spiro atoms. The molecule has 2 aromatic carbocycles. The predicted molar refractivity (Wildman–Crippen MR) is 153 cm³/mol. The van der Waals surface area contributed by atoms with E-state index in [2.05, 4.69) is 20.4 Å². The van der Waals surface area contributed by atoms with Crippen molar-refractivity contribution in [1.29, 1.82) is 0 Å². The van der Waals surface area contributed by atoms with Gasteiger partial charge >= 0.3 is 6.36 Å². The van der Waals surface area contributed by atoms with E-state index >= 15 is 0 Å². The molecule has 2 heterocycles. The van der Waals surface area contributed by atoms with E-state index in [1.54, 1.807) is 24.8 Å². The number of fused-ring (bicyclic) bond motifs is 1. The number of aromatic nitrogens is 1. The Labute approximate surface area is 241 Å². The van der Waals surface area contributed by atoms with E-state index in [0.29, 0.717) is 53.4 Å². The molecule has 9 nitrogen and oxygen atoms in total. The Bertz CT molecular complexity index is 1660. The summed E-state index contributed by atoms with van der Waals surface area (Å²) in [5.74, 6) is -1.69. The van der Waals surface area contributed by atoms with Crippen molar-refractivity contribution in [1.82, 2.24) is 15.2 Å². The van der Waals surface area contributed by atoms with Gasteiger partial charge < -0.3 is 25.3 Å². The zero-order chi connectivity index (χ0) is 30.8. The summed E-state index contributed by atoms with van der Waals surface area (Å²) < 4.78 is 68.2. The van der Waals surface area contributed by atoms with Gasteiger partial charge in [0.1, 0.15) is 5.75 Å². The monoisotopic (exact) mass is 604 g/mol. The number of sulfone groups is 1. The second kappa shape index (κ2) is 12.0. The standard InChI is InChI=1S/C29H31F3N4O5S/c1-5-36(12-11-33-4)28(38)26-17(2)25(34-18(26)3)15-23-22-14-21(9-10-24(22)35-27(23)37)42(39,40)16-19-7-6-8-20(13-19)41-29(30,31)32/h6-10,13-15,33-34H,5,11-12,16H2,1-4H3,(H,35,37)/b23-15-. The Balaban J connectivity index is 1.66. The zero-order valence-electron chi connectivity index (χ0n) is 23.5. The van der Waals surface area contributed by atoms with Crippen LogP contribution in [0.4, 0.5) is 18.9 Å². The van der Waals surface area contributed by atoms with E-state index in [0.717, 1.165) is 12.1 Å². The van der Waals surface area contributed by atoms with Crippen LogP contribution in [0, 0.1) is 13.8 Å². The van der Waals surface area contributed by atoms with Crippen LogP contribution in [-0.2, 0) is 20.4 Å². The van der Waals surface area contributed by atoms with Gasteiger partial charge in [0.2, 0.25) is 0 Å². The lowest BCUT2D eigenvalue weighted by molar-refractivity contribution is -0.274. The van der Waals surface area contributed by atoms with Crippen molar-refractivity contribution < 1.29 is 35.9 Å². The summed E-state index contributed by atoms with van der Waals surface area (Å²) in [6, 6.07) is 8.92. The van der Waals surface area contributed by atoms with Crippen molar-refractivity contribution in [2.45, 2.75) is 37.8 Å². The van der Waals surface area contributed by atoms with Gasteiger partial charge in [-0.2, -0.15) is 0 Å². The molecule has 0 saturated heterocycles. The number of aryl methyl sites for hydroxylation is 1. The van der Waals surface area contributed by atoms with Crippen molar-refractivity contribution in [2.75, 3.05) is 32.0 Å². The number of aromatic amines is 1. The Hall–Kier alpha value is -4.10. The summed E-state index contributed by atoms with van der Waals surface area (Å²) in [6.45, 7) is 7.13. The van der Waals surface area contributed by atoms with Crippen molar-refractivity contribution >= 4 is 39.0 Å². The highest BCUT2D eigenvalue weighted by atomic mass is 32.2. The van der Waals surface area contributed by atoms with Gasteiger partial charge in [0.15, 0.2) is 9.84 Å². The number of carbonyl (C=O) groups excluding carboxylic acids is 2. The number of hydrogen-bond donors (Lipinski definition) is 3. The quantitative estimate of drug-likeness (QED) is 0.289. The van der Waals surface area contributed by atoms with E-state index in [4.69, 9.17) is 0 Å². The molecule has 4 rings (SSSR count). The second-order valence-corrected chi connectivity index (χ2v) is 11.8. The molecule has 2 amide bonds. The van der Waals surface area contributed by atoms with Crippen LogP contribution in [0.1, 0.15) is 45.4 Å². The third-order valence-corrected chi connectivity index (χ3v) is 8.59. The van der Waals surface area contributed by atoms with Crippen LogP contribution in [0.5, 0.6) is 5.75 Å². The number of amides is 2. The number of hydrogen-bond acceptors (Lipinski definition) is 6. The predicted octanol–water partition coefficient (Wildman–Crippen LogP) is 4.68. The molecule has 0 unspecified atom stereocenters.